The lowest BCUT2D eigenvalue weighted by molar-refractivity contribution is 0.0903. The molecule has 1 fully saturated rings. The SMILES string of the molecule is Cc1cocc1C(=O)N[C@H]1COC[C@H]1Oc1cn[nH]c1. The lowest BCUT2D eigenvalue weighted by atomic mass is 10.1. The van der Waals surface area contributed by atoms with Gasteiger partial charge in [0.15, 0.2) is 5.75 Å². The fraction of sp³-hybridized carbons (Fsp3) is 0.385. The summed E-state index contributed by atoms with van der Waals surface area (Å²) in [5, 5.41) is 9.39. The van der Waals surface area contributed by atoms with Crippen molar-refractivity contribution in [2.45, 2.75) is 19.1 Å². The van der Waals surface area contributed by atoms with Gasteiger partial charge in [0.1, 0.15) is 12.4 Å². The largest absolute Gasteiger partial charge is 0.482 e. The lowest BCUT2D eigenvalue weighted by Gasteiger charge is -2.19. The normalized spacial score (nSPS) is 21.9. The molecule has 1 aliphatic heterocycles. The number of carbonyl (C=O) groups is 1. The number of ether oxygens (including phenoxy) is 2. The maximum atomic E-state index is 12.1. The van der Waals surface area contributed by atoms with Crippen LogP contribution in [-0.2, 0) is 4.74 Å². The van der Waals surface area contributed by atoms with E-state index in [4.69, 9.17) is 13.9 Å². The Morgan fingerprint density at radius 2 is 2.40 bits per heavy atom. The van der Waals surface area contributed by atoms with Crippen LogP contribution in [0.2, 0.25) is 0 Å². The second-order valence-corrected chi connectivity index (χ2v) is 4.68. The summed E-state index contributed by atoms with van der Waals surface area (Å²) in [6.45, 7) is 2.68. The predicted molar refractivity (Wildman–Crippen MR) is 68.5 cm³/mol. The van der Waals surface area contributed by atoms with Gasteiger partial charge in [-0.15, -0.1) is 0 Å². The van der Waals surface area contributed by atoms with Crippen LogP contribution in [-0.4, -0.2) is 41.5 Å². The van der Waals surface area contributed by atoms with Crippen LogP contribution in [0.1, 0.15) is 15.9 Å². The van der Waals surface area contributed by atoms with E-state index in [0.29, 0.717) is 24.5 Å². The van der Waals surface area contributed by atoms with Crippen LogP contribution in [0.5, 0.6) is 5.75 Å². The molecule has 20 heavy (non-hydrogen) atoms. The number of furan rings is 1. The number of aromatic amines is 1. The number of aromatic nitrogens is 2. The van der Waals surface area contributed by atoms with E-state index < -0.39 is 0 Å². The van der Waals surface area contributed by atoms with Gasteiger partial charge in [-0.1, -0.05) is 0 Å². The summed E-state index contributed by atoms with van der Waals surface area (Å²) >= 11 is 0. The van der Waals surface area contributed by atoms with Crippen molar-refractivity contribution in [1.29, 1.82) is 0 Å². The van der Waals surface area contributed by atoms with Crippen LogP contribution < -0.4 is 10.1 Å². The molecule has 2 aromatic rings. The Labute approximate surface area is 115 Å². The van der Waals surface area contributed by atoms with Crippen LogP contribution >= 0.6 is 0 Å². The number of rotatable bonds is 4. The second kappa shape index (κ2) is 5.38. The summed E-state index contributed by atoms with van der Waals surface area (Å²) in [7, 11) is 0. The average Bonchev–Trinajstić information content (AvgIpc) is 3.13. The molecule has 3 rings (SSSR count). The topological polar surface area (TPSA) is 89.4 Å². The highest BCUT2D eigenvalue weighted by Crippen LogP contribution is 2.16. The molecule has 0 aromatic carbocycles. The fourth-order valence-corrected chi connectivity index (χ4v) is 2.10. The molecule has 1 aliphatic rings. The number of nitrogens with one attached hydrogen (secondary N) is 2. The second-order valence-electron chi connectivity index (χ2n) is 4.68. The average molecular weight is 277 g/mol. The van der Waals surface area contributed by atoms with E-state index in [2.05, 4.69) is 15.5 Å². The number of hydrogen-bond donors (Lipinski definition) is 2. The molecule has 3 heterocycles. The third-order valence-corrected chi connectivity index (χ3v) is 3.21. The van der Waals surface area contributed by atoms with E-state index in [1.165, 1.54) is 6.26 Å². The van der Waals surface area contributed by atoms with E-state index in [9.17, 15) is 4.79 Å². The monoisotopic (exact) mass is 277 g/mol. The van der Waals surface area contributed by atoms with E-state index in [1.54, 1.807) is 18.7 Å². The number of nitrogens with zero attached hydrogens (tertiary/aromatic N) is 1. The Balaban J connectivity index is 1.64. The first-order valence-electron chi connectivity index (χ1n) is 6.31. The molecule has 2 aromatic heterocycles. The first-order chi connectivity index (χ1) is 9.74. The van der Waals surface area contributed by atoms with Crippen molar-refractivity contribution in [2.75, 3.05) is 13.2 Å². The zero-order valence-corrected chi connectivity index (χ0v) is 11.0. The maximum Gasteiger partial charge on any atom is 0.255 e. The van der Waals surface area contributed by atoms with E-state index >= 15 is 0 Å². The summed E-state index contributed by atoms with van der Waals surface area (Å²) in [6.07, 6.45) is 5.98. The molecule has 2 atom stereocenters. The van der Waals surface area contributed by atoms with Crippen molar-refractivity contribution in [1.82, 2.24) is 15.5 Å². The highest BCUT2D eigenvalue weighted by Gasteiger charge is 2.32. The van der Waals surface area contributed by atoms with Crippen molar-refractivity contribution in [3.8, 4) is 5.75 Å². The van der Waals surface area contributed by atoms with Gasteiger partial charge < -0.3 is 19.2 Å². The molecule has 1 saturated heterocycles. The third kappa shape index (κ3) is 2.53. The van der Waals surface area contributed by atoms with Crippen LogP contribution in [0.25, 0.3) is 0 Å². The molecule has 2 N–H and O–H groups in total. The van der Waals surface area contributed by atoms with Gasteiger partial charge in [-0.3, -0.25) is 9.89 Å². The van der Waals surface area contributed by atoms with Crippen molar-refractivity contribution in [3.63, 3.8) is 0 Å². The first kappa shape index (κ1) is 12.7. The van der Waals surface area contributed by atoms with Gasteiger partial charge in [0.25, 0.3) is 5.91 Å². The Morgan fingerprint density at radius 3 is 3.10 bits per heavy atom. The highest BCUT2D eigenvalue weighted by molar-refractivity contribution is 5.95. The van der Waals surface area contributed by atoms with Gasteiger partial charge in [0, 0.05) is 0 Å². The molecule has 7 nitrogen and oxygen atoms in total. The Kier molecular flexibility index (Phi) is 3.42. The summed E-state index contributed by atoms with van der Waals surface area (Å²) in [4.78, 5) is 12.1. The van der Waals surface area contributed by atoms with Crippen molar-refractivity contribution in [3.05, 3.63) is 36.0 Å². The van der Waals surface area contributed by atoms with Crippen LogP contribution in [0.4, 0.5) is 0 Å². The van der Waals surface area contributed by atoms with Crippen LogP contribution in [0.15, 0.2) is 29.3 Å². The molecular formula is C13H15N3O4. The van der Waals surface area contributed by atoms with E-state index in [-0.39, 0.29) is 18.1 Å². The van der Waals surface area contributed by atoms with E-state index in [1.807, 2.05) is 6.92 Å². The van der Waals surface area contributed by atoms with Gasteiger partial charge in [-0.05, 0) is 12.5 Å². The fourth-order valence-electron chi connectivity index (χ4n) is 2.10. The number of amides is 1. The predicted octanol–water partition coefficient (Wildman–Crippen LogP) is 0.887. The van der Waals surface area contributed by atoms with Crippen LogP contribution in [0.3, 0.4) is 0 Å². The minimum Gasteiger partial charge on any atom is -0.482 e. The molecule has 106 valence electrons. The molecule has 0 saturated carbocycles. The quantitative estimate of drug-likeness (QED) is 0.866. The summed E-state index contributed by atoms with van der Waals surface area (Å²) in [6, 6.07) is -0.202. The Bertz CT molecular complexity index is 578. The Hall–Kier alpha value is -2.28. The summed E-state index contributed by atoms with van der Waals surface area (Å²) in [5.41, 5.74) is 1.33. The molecule has 0 spiro atoms. The Morgan fingerprint density at radius 1 is 1.50 bits per heavy atom. The van der Waals surface area contributed by atoms with Gasteiger partial charge in [0.05, 0.1) is 43.5 Å². The van der Waals surface area contributed by atoms with Crippen LogP contribution in [0, 0.1) is 6.92 Å². The molecule has 0 bridgehead atoms. The van der Waals surface area contributed by atoms with Gasteiger partial charge >= 0.3 is 0 Å². The van der Waals surface area contributed by atoms with Gasteiger partial charge in [0.2, 0.25) is 0 Å². The molecule has 0 aliphatic carbocycles. The van der Waals surface area contributed by atoms with E-state index in [0.717, 1.165) is 5.56 Å². The maximum absolute atomic E-state index is 12.1. The molecular weight excluding hydrogens is 262 g/mol. The molecule has 0 unspecified atom stereocenters. The zero-order valence-electron chi connectivity index (χ0n) is 11.0. The number of hydrogen-bond acceptors (Lipinski definition) is 5. The lowest BCUT2D eigenvalue weighted by Crippen LogP contribution is -2.45. The minimum absolute atomic E-state index is 0.187. The zero-order chi connectivity index (χ0) is 13.9. The number of aryl methyl sites for hydroxylation is 1. The molecule has 0 radical (unpaired) electrons. The first-order valence-corrected chi connectivity index (χ1v) is 6.31. The third-order valence-electron chi connectivity index (χ3n) is 3.21. The number of carbonyl (C=O) groups excluding carboxylic acids is 1. The summed E-state index contributed by atoms with van der Waals surface area (Å²) in [5.74, 6) is 0.437. The van der Waals surface area contributed by atoms with Crippen molar-refractivity contribution in [2.24, 2.45) is 0 Å². The van der Waals surface area contributed by atoms with Crippen molar-refractivity contribution >= 4 is 5.91 Å². The highest BCUT2D eigenvalue weighted by atomic mass is 16.5. The number of H-pyrrole nitrogens is 1. The summed E-state index contributed by atoms with van der Waals surface area (Å²) < 4.78 is 16.1. The molecule has 7 heteroatoms. The smallest absolute Gasteiger partial charge is 0.255 e. The van der Waals surface area contributed by atoms with Crippen molar-refractivity contribution < 1.29 is 18.7 Å². The minimum atomic E-state index is -0.233. The van der Waals surface area contributed by atoms with Gasteiger partial charge in [-0.2, -0.15) is 5.10 Å². The molecule has 1 amide bonds. The standard InChI is InChI=1S/C13H15N3O4/c1-8-4-18-5-10(8)13(17)16-11-6-19-7-12(11)20-9-2-14-15-3-9/h2-5,11-12H,6-7H2,1H3,(H,14,15)(H,16,17)/t11-,12+/m0/s1. The van der Waals surface area contributed by atoms with Gasteiger partial charge in [-0.25, -0.2) is 0 Å².